The van der Waals surface area contributed by atoms with E-state index in [9.17, 15) is 19.5 Å². The van der Waals surface area contributed by atoms with Crippen LogP contribution in [0.5, 0.6) is 0 Å². The van der Waals surface area contributed by atoms with Gasteiger partial charge in [-0.05, 0) is 129 Å². The number of hydrogen-bond donors (Lipinski definition) is 1. The third kappa shape index (κ3) is 6.41. The second kappa shape index (κ2) is 13.3. The molecule has 6 nitrogen and oxygen atoms in total. The van der Waals surface area contributed by atoms with Crippen LogP contribution >= 0.6 is 21.6 Å². The molecule has 8 heteroatoms. The van der Waals surface area contributed by atoms with Crippen molar-refractivity contribution in [1.82, 2.24) is 0 Å². The van der Waals surface area contributed by atoms with Crippen LogP contribution in [0.1, 0.15) is 131 Å². The van der Waals surface area contributed by atoms with E-state index in [-0.39, 0.29) is 70.5 Å². The minimum Gasteiger partial charge on any atom is -0.462 e. The lowest BCUT2D eigenvalue weighted by molar-refractivity contribution is -0.189. The summed E-state index contributed by atoms with van der Waals surface area (Å²) in [6, 6.07) is 0. The van der Waals surface area contributed by atoms with Gasteiger partial charge in [-0.15, -0.1) is 0 Å². The van der Waals surface area contributed by atoms with Crippen LogP contribution in [0.3, 0.4) is 0 Å². The molecule has 1 aliphatic heterocycles. The SMILES string of the molecule is CC1(C)C2CC[C@@]3(C)C4CC[C@@]5(C)CC[C@](C)(C(=O)OCCOC(=O)CCCC[C@@H]6CCSS6)CC5C4=CC(=O)C3[C@@]2(C)CC[C@@H]1O. The van der Waals surface area contributed by atoms with Gasteiger partial charge in [0.25, 0.3) is 0 Å². The maximum Gasteiger partial charge on any atom is 0.311 e. The molecule has 0 aromatic heterocycles. The summed E-state index contributed by atoms with van der Waals surface area (Å²) in [5, 5.41) is 11.7. The number of carbonyl (C=O) groups is 3. The number of carbonyl (C=O) groups excluding carboxylic acids is 3. The van der Waals surface area contributed by atoms with Crippen LogP contribution in [-0.2, 0) is 23.9 Å². The molecule has 10 atom stereocenters. The van der Waals surface area contributed by atoms with Crippen molar-refractivity contribution in [3.8, 4) is 0 Å². The topological polar surface area (TPSA) is 89.9 Å². The van der Waals surface area contributed by atoms with Crippen molar-refractivity contribution in [2.24, 2.45) is 50.7 Å². The van der Waals surface area contributed by atoms with Gasteiger partial charge in [0.2, 0.25) is 0 Å². The first-order chi connectivity index (χ1) is 22.1. The fourth-order valence-electron chi connectivity index (χ4n) is 11.8. The van der Waals surface area contributed by atoms with Crippen molar-refractivity contribution in [2.75, 3.05) is 19.0 Å². The Balaban J connectivity index is 1.08. The number of esters is 2. The maximum absolute atomic E-state index is 14.4. The Labute approximate surface area is 291 Å². The molecule has 0 spiro atoms. The van der Waals surface area contributed by atoms with Gasteiger partial charge in [-0.25, -0.2) is 0 Å². The van der Waals surface area contributed by atoms with Crippen LogP contribution in [0.4, 0.5) is 0 Å². The minimum atomic E-state index is -0.624. The molecule has 6 rings (SSSR count). The molecule has 4 unspecified atom stereocenters. The molecule has 0 aromatic carbocycles. The zero-order valence-electron chi connectivity index (χ0n) is 29.9. The fraction of sp³-hybridized carbons (Fsp3) is 0.872. The van der Waals surface area contributed by atoms with E-state index >= 15 is 0 Å². The Hall–Kier alpha value is -0.990. The van der Waals surface area contributed by atoms with Crippen molar-refractivity contribution in [3.05, 3.63) is 11.6 Å². The summed E-state index contributed by atoms with van der Waals surface area (Å²) < 4.78 is 11.2. The van der Waals surface area contributed by atoms with Gasteiger partial charge in [0.05, 0.1) is 11.5 Å². The van der Waals surface area contributed by atoms with E-state index in [1.807, 2.05) is 34.6 Å². The van der Waals surface area contributed by atoms with Crippen LogP contribution in [0.2, 0.25) is 0 Å². The van der Waals surface area contributed by atoms with Gasteiger partial charge in [0, 0.05) is 23.3 Å². The standard InChI is InChI=1S/C39H60O6S2/c1-35(2)30-12-16-38(5)27-11-15-36(3)18-19-37(4,24-28(36)26(27)23-29(40)33(38)39(30,6)17-13-31(35)41)34(43)45-21-20-44-32(42)10-8-7-9-25-14-22-46-47-25/h23,25,27-28,30-31,33,41H,7-22,24H2,1-6H3/t25-,27?,28?,30?,31+,33?,36+,37+,38+,39+/m1/s1. The fourth-order valence-corrected chi connectivity index (χ4v) is 14.9. The second-order valence-corrected chi connectivity index (χ2v) is 20.7. The van der Waals surface area contributed by atoms with Crippen LogP contribution in [0.25, 0.3) is 0 Å². The largest absolute Gasteiger partial charge is 0.462 e. The first-order valence-electron chi connectivity index (χ1n) is 18.7. The quantitative estimate of drug-likeness (QED) is 0.146. The van der Waals surface area contributed by atoms with Gasteiger partial charge in [0.1, 0.15) is 13.2 Å². The number of hydrogen-bond acceptors (Lipinski definition) is 8. The molecule has 47 heavy (non-hydrogen) atoms. The highest BCUT2D eigenvalue weighted by molar-refractivity contribution is 8.77. The summed E-state index contributed by atoms with van der Waals surface area (Å²) in [7, 11) is 3.93. The van der Waals surface area contributed by atoms with Crippen LogP contribution in [0.15, 0.2) is 11.6 Å². The summed E-state index contributed by atoms with van der Waals surface area (Å²) in [6.45, 7) is 13.8. The highest BCUT2D eigenvalue weighted by Crippen LogP contribution is 2.71. The summed E-state index contributed by atoms with van der Waals surface area (Å²) in [5.41, 5.74) is 0.352. The molecule has 5 fully saturated rings. The molecule has 4 saturated carbocycles. The van der Waals surface area contributed by atoms with Crippen molar-refractivity contribution < 1.29 is 29.0 Å². The van der Waals surface area contributed by atoms with E-state index in [2.05, 4.69) is 34.6 Å². The molecule has 1 N–H and O–H groups in total. The highest BCUT2D eigenvalue weighted by Gasteiger charge is 2.67. The molecule has 0 amide bonds. The molecule has 264 valence electrons. The number of allylic oxidation sites excluding steroid dienone is 2. The summed E-state index contributed by atoms with van der Waals surface area (Å²) in [4.78, 5) is 40.3. The molecular formula is C39H60O6S2. The number of ether oxygens (including phenoxy) is 2. The Bertz CT molecular complexity index is 1260. The Morgan fingerprint density at radius 3 is 2.36 bits per heavy atom. The van der Waals surface area contributed by atoms with E-state index in [0.29, 0.717) is 24.7 Å². The molecular weight excluding hydrogens is 629 g/mol. The normalized spacial score (nSPS) is 43.9. The van der Waals surface area contributed by atoms with Crippen molar-refractivity contribution in [1.29, 1.82) is 0 Å². The van der Waals surface area contributed by atoms with Crippen LogP contribution < -0.4 is 0 Å². The molecule has 5 aliphatic carbocycles. The lowest BCUT2D eigenvalue weighted by Gasteiger charge is -2.67. The number of fused-ring (bicyclic) bond motifs is 7. The van der Waals surface area contributed by atoms with Crippen molar-refractivity contribution in [3.63, 3.8) is 0 Å². The predicted molar refractivity (Wildman–Crippen MR) is 190 cm³/mol. The van der Waals surface area contributed by atoms with Gasteiger partial charge in [-0.3, -0.25) is 14.4 Å². The Morgan fingerprint density at radius 2 is 1.62 bits per heavy atom. The molecule has 1 saturated heterocycles. The van der Waals surface area contributed by atoms with Crippen molar-refractivity contribution in [2.45, 2.75) is 143 Å². The lowest BCUT2D eigenvalue weighted by atomic mass is 9.37. The average Bonchev–Trinajstić information content (AvgIpc) is 3.53. The smallest absolute Gasteiger partial charge is 0.311 e. The van der Waals surface area contributed by atoms with Gasteiger partial charge < -0.3 is 14.6 Å². The third-order valence-corrected chi connectivity index (χ3v) is 17.7. The van der Waals surface area contributed by atoms with Gasteiger partial charge in [0.15, 0.2) is 5.78 Å². The van der Waals surface area contributed by atoms with E-state index in [0.717, 1.165) is 75.9 Å². The monoisotopic (exact) mass is 688 g/mol. The zero-order valence-corrected chi connectivity index (χ0v) is 31.5. The first-order valence-corrected chi connectivity index (χ1v) is 21.1. The van der Waals surface area contributed by atoms with Crippen LogP contribution in [0, 0.1) is 50.7 Å². The van der Waals surface area contributed by atoms with E-state index in [1.165, 1.54) is 17.7 Å². The molecule has 1 heterocycles. The average molecular weight is 689 g/mol. The summed E-state index contributed by atoms with van der Waals surface area (Å²) in [6.07, 6.45) is 14.9. The van der Waals surface area contributed by atoms with Gasteiger partial charge in [-0.1, -0.05) is 68.2 Å². The second-order valence-electron chi connectivity index (χ2n) is 18.0. The summed E-state index contributed by atoms with van der Waals surface area (Å²) >= 11 is 0. The number of aliphatic hydroxyl groups is 1. The van der Waals surface area contributed by atoms with Gasteiger partial charge >= 0.3 is 11.9 Å². The molecule has 0 radical (unpaired) electrons. The summed E-state index contributed by atoms with van der Waals surface area (Å²) in [5.74, 6) is 1.96. The maximum atomic E-state index is 14.4. The van der Waals surface area contributed by atoms with E-state index in [1.54, 1.807) is 0 Å². The Kier molecular flexibility index (Phi) is 10.1. The minimum absolute atomic E-state index is 0.0216. The number of aliphatic hydroxyl groups excluding tert-OH is 1. The highest BCUT2D eigenvalue weighted by atomic mass is 33.1. The molecule has 6 aliphatic rings. The molecule has 0 bridgehead atoms. The Morgan fingerprint density at radius 1 is 0.872 bits per heavy atom. The van der Waals surface area contributed by atoms with E-state index in [4.69, 9.17) is 9.47 Å². The van der Waals surface area contributed by atoms with E-state index < -0.39 is 5.41 Å². The molecule has 0 aromatic rings. The van der Waals surface area contributed by atoms with Gasteiger partial charge in [-0.2, -0.15) is 0 Å². The third-order valence-electron chi connectivity index (χ3n) is 14.7. The first kappa shape index (κ1) is 35.8. The van der Waals surface area contributed by atoms with Crippen molar-refractivity contribution >= 4 is 39.3 Å². The zero-order chi connectivity index (χ0) is 33.8. The number of unbranched alkanes of at least 4 members (excludes halogenated alkanes) is 1. The number of rotatable bonds is 9. The van der Waals surface area contributed by atoms with Crippen LogP contribution in [-0.4, -0.2) is 53.1 Å². The predicted octanol–water partition coefficient (Wildman–Crippen LogP) is 8.74. The lowest BCUT2D eigenvalue weighted by Crippen LogP contribution is -2.64. The number of ketones is 1.